The molecule has 0 atom stereocenters. The number of piperidine rings is 1. The molecule has 3 rings (SSSR count). The molecule has 0 amide bonds. The van der Waals surface area contributed by atoms with Gasteiger partial charge in [0.15, 0.2) is 0 Å². The zero-order chi connectivity index (χ0) is 16.2. The van der Waals surface area contributed by atoms with Gasteiger partial charge in [0.1, 0.15) is 12.1 Å². The number of nitrogens with zero attached hydrogens (tertiary/aromatic N) is 6. The van der Waals surface area contributed by atoms with E-state index in [1.807, 2.05) is 12.1 Å². The van der Waals surface area contributed by atoms with Crippen LogP contribution < -0.4 is 10.6 Å². The normalized spacial score (nSPS) is 16.4. The van der Waals surface area contributed by atoms with Gasteiger partial charge < -0.3 is 9.47 Å². The Morgan fingerprint density at radius 1 is 1.30 bits per heavy atom. The van der Waals surface area contributed by atoms with Crippen molar-refractivity contribution < 1.29 is 0 Å². The zero-order valence-corrected chi connectivity index (χ0v) is 13.6. The second kappa shape index (κ2) is 6.87. The van der Waals surface area contributed by atoms with Crippen LogP contribution in [0.3, 0.4) is 0 Å². The van der Waals surface area contributed by atoms with Crippen LogP contribution >= 0.6 is 0 Å². The molecule has 0 radical (unpaired) electrons. The number of rotatable bonds is 4. The minimum absolute atomic E-state index is 0.194. The Balaban J connectivity index is 1.56. The lowest BCUT2D eigenvalue weighted by Crippen LogP contribution is -2.43. The molecule has 122 valence electrons. The molecule has 2 aromatic heterocycles. The molecule has 0 aromatic carbocycles. The molecule has 1 aliphatic rings. The Morgan fingerprint density at radius 2 is 2.09 bits per heavy atom. The maximum absolute atomic E-state index is 11.6. The maximum Gasteiger partial charge on any atom is 0.347 e. The highest BCUT2D eigenvalue weighted by Crippen LogP contribution is 2.20. The van der Waals surface area contributed by atoms with Gasteiger partial charge in [0.05, 0.1) is 5.69 Å². The van der Waals surface area contributed by atoms with Crippen LogP contribution in [-0.2, 0) is 13.6 Å². The van der Waals surface area contributed by atoms with Crippen LogP contribution in [0.25, 0.3) is 0 Å². The number of hydrogen-bond donors (Lipinski definition) is 0. The van der Waals surface area contributed by atoms with Crippen molar-refractivity contribution in [2.45, 2.75) is 25.4 Å². The highest BCUT2D eigenvalue weighted by molar-refractivity contribution is 5.36. The summed E-state index contributed by atoms with van der Waals surface area (Å²) in [5.41, 5.74) is 0.650. The minimum atomic E-state index is -0.194. The van der Waals surface area contributed by atoms with Gasteiger partial charge in [0.25, 0.3) is 0 Å². The molecule has 0 aliphatic carbocycles. The quantitative estimate of drug-likeness (QED) is 0.826. The van der Waals surface area contributed by atoms with Gasteiger partial charge in [-0.2, -0.15) is 4.98 Å². The molecular formula is C16H22N6O. The summed E-state index contributed by atoms with van der Waals surface area (Å²) in [4.78, 5) is 28.6. The average molecular weight is 314 g/mol. The molecule has 3 heterocycles. The lowest BCUT2D eigenvalue weighted by molar-refractivity contribution is 0.201. The van der Waals surface area contributed by atoms with Crippen molar-refractivity contribution in [3.8, 4) is 0 Å². The van der Waals surface area contributed by atoms with E-state index >= 15 is 0 Å². The average Bonchev–Trinajstić information content (AvgIpc) is 2.59. The summed E-state index contributed by atoms with van der Waals surface area (Å²) in [5.74, 6) is 0.965. The molecule has 0 bridgehead atoms. The molecule has 1 aliphatic heterocycles. The molecule has 7 heteroatoms. The number of likely N-dealkylation sites (tertiary alicyclic amines) is 1. The first-order valence-corrected chi connectivity index (χ1v) is 7.87. The minimum Gasteiger partial charge on any atom is -0.356 e. The smallest absolute Gasteiger partial charge is 0.347 e. The van der Waals surface area contributed by atoms with Crippen molar-refractivity contribution in [2.75, 3.05) is 25.0 Å². The third-order valence-corrected chi connectivity index (χ3v) is 4.45. The summed E-state index contributed by atoms with van der Waals surface area (Å²) in [5, 5.41) is 0. The number of aromatic nitrogens is 4. The van der Waals surface area contributed by atoms with Gasteiger partial charge in [-0.25, -0.2) is 14.8 Å². The van der Waals surface area contributed by atoms with Gasteiger partial charge >= 0.3 is 5.69 Å². The zero-order valence-electron chi connectivity index (χ0n) is 13.6. The van der Waals surface area contributed by atoms with Crippen LogP contribution in [-0.4, -0.2) is 50.6 Å². The predicted molar refractivity (Wildman–Crippen MR) is 88.2 cm³/mol. The summed E-state index contributed by atoms with van der Waals surface area (Å²) < 4.78 is 1.49. The fourth-order valence-electron chi connectivity index (χ4n) is 2.96. The van der Waals surface area contributed by atoms with E-state index in [0.717, 1.165) is 44.0 Å². The van der Waals surface area contributed by atoms with Crippen LogP contribution in [0.1, 0.15) is 18.5 Å². The molecule has 1 saturated heterocycles. The summed E-state index contributed by atoms with van der Waals surface area (Å²) >= 11 is 0. The third-order valence-electron chi connectivity index (χ3n) is 4.45. The SMILES string of the molecule is CN(c1ccncn1)C1CCN(Cc2ccn(C)c(=O)n2)CC1. The van der Waals surface area contributed by atoms with Crippen molar-refractivity contribution in [2.24, 2.45) is 7.05 Å². The monoisotopic (exact) mass is 314 g/mol. The molecule has 1 fully saturated rings. The first-order chi connectivity index (χ1) is 11.1. The molecule has 0 unspecified atom stereocenters. The Hall–Kier alpha value is -2.28. The first-order valence-electron chi connectivity index (χ1n) is 7.87. The molecule has 7 nitrogen and oxygen atoms in total. The number of aryl methyl sites for hydroxylation is 1. The Morgan fingerprint density at radius 3 is 2.74 bits per heavy atom. The van der Waals surface area contributed by atoms with Gasteiger partial charge in [0.2, 0.25) is 0 Å². The second-order valence-electron chi connectivity index (χ2n) is 6.00. The van der Waals surface area contributed by atoms with Crippen LogP contribution in [0, 0.1) is 0 Å². The molecular weight excluding hydrogens is 292 g/mol. The molecule has 23 heavy (non-hydrogen) atoms. The van der Waals surface area contributed by atoms with Crippen LogP contribution in [0.5, 0.6) is 0 Å². The Bertz CT molecular complexity index is 693. The van der Waals surface area contributed by atoms with Crippen molar-refractivity contribution in [3.63, 3.8) is 0 Å². The lowest BCUT2D eigenvalue weighted by Gasteiger charge is -2.37. The van der Waals surface area contributed by atoms with Gasteiger partial charge in [-0.3, -0.25) is 4.90 Å². The second-order valence-corrected chi connectivity index (χ2v) is 6.00. The van der Waals surface area contributed by atoms with Crippen molar-refractivity contribution in [3.05, 3.63) is 47.0 Å². The largest absolute Gasteiger partial charge is 0.356 e. The predicted octanol–water partition coefficient (Wildman–Crippen LogP) is 0.671. The number of anilines is 1. The summed E-state index contributed by atoms with van der Waals surface area (Å²) in [6.07, 6.45) is 7.29. The summed E-state index contributed by atoms with van der Waals surface area (Å²) in [7, 11) is 3.80. The van der Waals surface area contributed by atoms with E-state index < -0.39 is 0 Å². The van der Waals surface area contributed by atoms with E-state index in [0.29, 0.717) is 6.04 Å². The molecule has 2 aromatic rings. The molecule has 0 spiro atoms. The van der Waals surface area contributed by atoms with Crippen molar-refractivity contribution in [1.29, 1.82) is 0 Å². The van der Waals surface area contributed by atoms with E-state index in [9.17, 15) is 4.79 Å². The Labute approximate surface area is 135 Å². The van der Waals surface area contributed by atoms with E-state index in [-0.39, 0.29) is 5.69 Å². The highest BCUT2D eigenvalue weighted by atomic mass is 16.1. The standard InChI is InChI=1S/C16H22N6O/c1-20-8-4-13(19-16(20)23)11-22-9-5-14(6-10-22)21(2)15-3-7-17-12-18-15/h3-4,7-8,12,14H,5-6,9-11H2,1-2H3. The lowest BCUT2D eigenvalue weighted by atomic mass is 10.0. The van der Waals surface area contributed by atoms with E-state index in [1.165, 1.54) is 4.57 Å². The van der Waals surface area contributed by atoms with E-state index in [4.69, 9.17) is 0 Å². The van der Waals surface area contributed by atoms with Crippen molar-refractivity contribution in [1.82, 2.24) is 24.4 Å². The highest BCUT2D eigenvalue weighted by Gasteiger charge is 2.23. The van der Waals surface area contributed by atoms with Crippen LogP contribution in [0.15, 0.2) is 35.6 Å². The fourth-order valence-corrected chi connectivity index (χ4v) is 2.96. The van der Waals surface area contributed by atoms with Gasteiger partial charge in [-0.05, 0) is 25.0 Å². The Kier molecular flexibility index (Phi) is 4.66. The summed E-state index contributed by atoms with van der Waals surface area (Å²) in [6, 6.07) is 4.34. The summed E-state index contributed by atoms with van der Waals surface area (Å²) in [6.45, 7) is 2.73. The third kappa shape index (κ3) is 3.73. The maximum atomic E-state index is 11.6. The van der Waals surface area contributed by atoms with Gasteiger partial charge in [-0.15, -0.1) is 0 Å². The molecule has 0 N–H and O–H groups in total. The van der Waals surface area contributed by atoms with Gasteiger partial charge in [-0.1, -0.05) is 0 Å². The van der Waals surface area contributed by atoms with E-state index in [1.54, 1.807) is 25.8 Å². The fraction of sp³-hybridized carbons (Fsp3) is 0.500. The molecule has 0 saturated carbocycles. The number of hydrogen-bond acceptors (Lipinski definition) is 6. The van der Waals surface area contributed by atoms with Crippen LogP contribution in [0.2, 0.25) is 0 Å². The van der Waals surface area contributed by atoms with E-state index in [2.05, 4.69) is 31.8 Å². The van der Waals surface area contributed by atoms with Crippen LogP contribution in [0.4, 0.5) is 5.82 Å². The van der Waals surface area contributed by atoms with Crippen molar-refractivity contribution >= 4 is 5.82 Å². The topological polar surface area (TPSA) is 67.2 Å². The first kappa shape index (κ1) is 15.6. The van der Waals surface area contributed by atoms with Gasteiger partial charge in [0, 0.05) is 52.2 Å².